The highest BCUT2D eigenvalue weighted by atomic mass is 16.5. The van der Waals surface area contributed by atoms with Crippen molar-refractivity contribution in [3.05, 3.63) is 47.5 Å². The Labute approximate surface area is 160 Å². The molecule has 2 aromatic rings. The van der Waals surface area contributed by atoms with E-state index in [1.54, 1.807) is 0 Å². The lowest BCUT2D eigenvalue weighted by Crippen LogP contribution is -2.51. The van der Waals surface area contributed by atoms with Crippen LogP contribution >= 0.6 is 0 Å². The molecule has 27 heavy (non-hydrogen) atoms. The maximum atomic E-state index is 12.8. The summed E-state index contributed by atoms with van der Waals surface area (Å²) >= 11 is 0. The first-order chi connectivity index (χ1) is 13.2. The van der Waals surface area contributed by atoms with Gasteiger partial charge in [-0.1, -0.05) is 25.1 Å². The first-order valence-electron chi connectivity index (χ1n) is 9.94. The molecule has 0 aliphatic carbocycles. The van der Waals surface area contributed by atoms with E-state index in [2.05, 4.69) is 40.8 Å². The number of benzene rings is 1. The highest BCUT2D eigenvalue weighted by molar-refractivity contribution is 5.74. The number of imidazole rings is 1. The quantitative estimate of drug-likeness (QED) is 0.906. The molecule has 0 spiro atoms. The van der Waals surface area contributed by atoms with E-state index in [9.17, 15) is 4.79 Å². The molecule has 2 aliphatic rings. The molecule has 2 amide bonds. The molecule has 1 aromatic heterocycles. The Bertz CT molecular complexity index is 816. The molecule has 0 bridgehead atoms. The lowest BCUT2D eigenvalue weighted by molar-refractivity contribution is 0.155. The normalized spacial score (nSPS) is 22.1. The van der Waals surface area contributed by atoms with Gasteiger partial charge in [-0.15, -0.1) is 0 Å². The summed E-state index contributed by atoms with van der Waals surface area (Å²) in [5.74, 6) is 2.07. The Morgan fingerprint density at radius 3 is 3.15 bits per heavy atom. The monoisotopic (exact) mass is 368 g/mol. The van der Waals surface area contributed by atoms with E-state index in [0.717, 1.165) is 55.9 Å². The van der Waals surface area contributed by atoms with E-state index >= 15 is 0 Å². The van der Waals surface area contributed by atoms with Crippen molar-refractivity contribution in [1.82, 2.24) is 19.8 Å². The Kier molecular flexibility index (Phi) is 5.05. The smallest absolute Gasteiger partial charge is 0.317 e. The number of nitrogens with one attached hydrogen (secondary N) is 1. The van der Waals surface area contributed by atoms with Crippen LogP contribution in [0.25, 0.3) is 0 Å². The molecule has 3 heterocycles. The second-order valence-electron chi connectivity index (χ2n) is 7.57. The van der Waals surface area contributed by atoms with Gasteiger partial charge in [-0.25, -0.2) is 9.78 Å². The van der Waals surface area contributed by atoms with Crippen LogP contribution in [0.4, 0.5) is 4.79 Å². The topological polar surface area (TPSA) is 59.4 Å². The molecule has 1 fully saturated rings. The van der Waals surface area contributed by atoms with Crippen molar-refractivity contribution in [2.24, 2.45) is 0 Å². The lowest BCUT2D eigenvalue weighted by Gasteiger charge is -2.35. The second-order valence-corrected chi connectivity index (χ2v) is 7.57. The molecular formula is C21H28N4O2. The van der Waals surface area contributed by atoms with Gasteiger partial charge < -0.3 is 19.5 Å². The summed E-state index contributed by atoms with van der Waals surface area (Å²) in [5, 5.41) is 3.18. The standard InChI is InChI=1S/C21H28N4O2/c1-3-19-22-9-11-25(19)18-8-5-10-24(13-18)21(26)23-17-12-16-7-4-6-15(2)20(16)27-14-17/h4,6-7,9,11,17-18H,3,5,8,10,12-14H2,1-2H3,(H,23,26). The summed E-state index contributed by atoms with van der Waals surface area (Å²) < 4.78 is 8.16. The van der Waals surface area contributed by atoms with Gasteiger partial charge in [0, 0.05) is 31.9 Å². The van der Waals surface area contributed by atoms with Gasteiger partial charge in [-0.2, -0.15) is 0 Å². The van der Waals surface area contributed by atoms with E-state index in [4.69, 9.17) is 4.74 Å². The Morgan fingerprint density at radius 1 is 1.41 bits per heavy atom. The van der Waals surface area contributed by atoms with E-state index in [1.807, 2.05) is 23.4 Å². The molecule has 2 aliphatic heterocycles. The second kappa shape index (κ2) is 7.62. The minimum Gasteiger partial charge on any atom is -0.491 e. The van der Waals surface area contributed by atoms with E-state index in [1.165, 1.54) is 5.56 Å². The predicted octanol–water partition coefficient (Wildman–Crippen LogP) is 3.10. The third-order valence-corrected chi connectivity index (χ3v) is 5.66. The number of para-hydroxylation sites is 1. The highest BCUT2D eigenvalue weighted by Crippen LogP contribution is 2.28. The number of rotatable bonds is 3. The van der Waals surface area contributed by atoms with Crippen LogP contribution in [0.1, 0.15) is 42.8 Å². The van der Waals surface area contributed by atoms with Crippen molar-refractivity contribution in [3.63, 3.8) is 0 Å². The van der Waals surface area contributed by atoms with E-state index in [-0.39, 0.29) is 12.1 Å². The number of aryl methyl sites for hydroxylation is 2. The zero-order valence-corrected chi connectivity index (χ0v) is 16.1. The molecule has 6 nitrogen and oxygen atoms in total. The fraction of sp³-hybridized carbons (Fsp3) is 0.524. The number of likely N-dealkylation sites (tertiary alicyclic amines) is 1. The Hall–Kier alpha value is -2.50. The summed E-state index contributed by atoms with van der Waals surface area (Å²) in [6.45, 7) is 6.25. The summed E-state index contributed by atoms with van der Waals surface area (Å²) in [4.78, 5) is 19.2. The average molecular weight is 368 g/mol. The van der Waals surface area contributed by atoms with Gasteiger partial charge >= 0.3 is 6.03 Å². The van der Waals surface area contributed by atoms with Crippen LogP contribution in [-0.4, -0.2) is 46.2 Å². The molecule has 4 rings (SSSR count). The molecule has 1 aromatic carbocycles. The van der Waals surface area contributed by atoms with Crippen molar-refractivity contribution in [3.8, 4) is 5.75 Å². The molecule has 2 atom stereocenters. The summed E-state index contributed by atoms with van der Waals surface area (Å²) in [7, 11) is 0. The fourth-order valence-corrected chi connectivity index (χ4v) is 4.26. The van der Waals surface area contributed by atoms with Gasteiger partial charge in [0.25, 0.3) is 0 Å². The third-order valence-electron chi connectivity index (χ3n) is 5.66. The number of piperidine rings is 1. The van der Waals surface area contributed by atoms with Crippen LogP contribution in [0.15, 0.2) is 30.6 Å². The number of fused-ring (bicyclic) bond motifs is 1. The Morgan fingerprint density at radius 2 is 2.30 bits per heavy atom. The van der Waals surface area contributed by atoms with Crippen molar-refractivity contribution in [2.45, 2.75) is 51.6 Å². The van der Waals surface area contributed by atoms with Crippen molar-refractivity contribution in [2.75, 3.05) is 19.7 Å². The zero-order valence-electron chi connectivity index (χ0n) is 16.1. The maximum Gasteiger partial charge on any atom is 0.317 e. The van der Waals surface area contributed by atoms with Gasteiger partial charge in [0.2, 0.25) is 0 Å². The maximum absolute atomic E-state index is 12.8. The fourth-order valence-electron chi connectivity index (χ4n) is 4.26. The van der Waals surface area contributed by atoms with Crippen molar-refractivity contribution >= 4 is 6.03 Å². The van der Waals surface area contributed by atoms with Crippen LogP contribution < -0.4 is 10.1 Å². The number of nitrogens with zero attached hydrogens (tertiary/aromatic N) is 3. The number of hydrogen-bond acceptors (Lipinski definition) is 3. The first-order valence-corrected chi connectivity index (χ1v) is 9.94. The number of carbonyl (C=O) groups excluding carboxylic acids is 1. The lowest BCUT2D eigenvalue weighted by atomic mass is 10.00. The first kappa shape index (κ1) is 17.9. The predicted molar refractivity (Wildman–Crippen MR) is 104 cm³/mol. The third kappa shape index (κ3) is 3.66. The van der Waals surface area contributed by atoms with E-state index < -0.39 is 0 Å². The van der Waals surface area contributed by atoms with Crippen LogP contribution in [0.3, 0.4) is 0 Å². The minimum absolute atomic E-state index is 0.0163. The summed E-state index contributed by atoms with van der Waals surface area (Å²) in [6, 6.07) is 6.55. The summed E-state index contributed by atoms with van der Waals surface area (Å²) in [6.07, 6.45) is 7.74. The number of carbonyl (C=O) groups is 1. The minimum atomic E-state index is 0.0163. The molecule has 1 saturated heterocycles. The van der Waals surface area contributed by atoms with Gasteiger partial charge in [-0.05, 0) is 37.3 Å². The number of hydrogen-bond donors (Lipinski definition) is 1. The number of aromatic nitrogens is 2. The van der Waals surface area contributed by atoms with Gasteiger partial charge in [0.15, 0.2) is 0 Å². The van der Waals surface area contributed by atoms with Gasteiger partial charge in [-0.3, -0.25) is 0 Å². The van der Waals surface area contributed by atoms with Crippen molar-refractivity contribution in [1.29, 1.82) is 0 Å². The average Bonchev–Trinajstić information content (AvgIpc) is 3.17. The molecule has 1 N–H and O–H groups in total. The molecule has 2 unspecified atom stereocenters. The van der Waals surface area contributed by atoms with Gasteiger partial charge in [0.05, 0.1) is 12.1 Å². The highest BCUT2D eigenvalue weighted by Gasteiger charge is 2.28. The molecular weight excluding hydrogens is 340 g/mol. The van der Waals surface area contributed by atoms with Crippen molar-refractivity contribution < 1.29 is 9.53 Å². The Balaban J connectivity index is 1.38. The van der Waals surface area contributed by atoms with Gasteiger partial charge in [0.1, 0.15) is 18.2 Å². The van der Waals surface area contributed by atoms with Crippen LogP contribution in [0, 0.1) is 6.92 Å². The number of ether oxygens (including phenoxy) is 1. The van der Waals surface area contributed by atoms with Crippen LogP contribution in [0.5, 0.6) is 5.75 Å². The van der Waals surface area contributed by atoms with Crippen LogP contribution in [0.2, 0.25) is 0 Å². The molecule has 0 radical (unpaired) electrons. The SMILES string of the molecule is CCc1nccn1C1CCCN(C(=O)NC2COc3c(C)cccc3C2)C1. The number of amides is 2. The van der Waals surface area contributed by atoms with Crippen LogP contribution in [-0.2, 0) is 12.8 Å². The molecule has 6 heteroatoms. The summed E-state index contributed by atoms with van der Waals surface area (Å²) in [5.41, 5.74) is 2.33. The molecule has 0 saturated carbocycles. The largest absolute Gasteiger partial charge is 0.491 e. The van der Waals surface area contributed by atoms with E-state index in [0.29, 0.717) is 12.6 Å². The molecule has 144 valence electrons. The number of urea groups is 1. The zero-order chi connectivity index (χ0) is 18.8.